The van der Waals surface area contributed by atoms with Gasteiger partial charge in [-0.05, 0) is 105 Å². The largest absolute Gasteiger partial charge is 0.494 e. The molecular formula is C33H40FNO7. The van der Waals surface area contributed by atoms with Crippen molar-refractivity contribution in [1.29, 1.82) is 0 Å². The van der Waals surface area contributed by atoms with E-state index in [4.69, 9.17) is 18.9 Å². The first-order valence-electron chi connectivity index (χ1n) is 14.2. The van der Waals surface area contributed by atoms with Crippen LogP contribution in [0.25, 0.3) is 0 Å². The van der Waals surface area contributed by atoms with E-state index in [-0.39, 0.29) is 18.8 Å². The number of rotatable bonds is 16. The van der Waals surface area contributed by atoms with Gasteiger partial charge in [0.15, 0.2) is 6.10 Å². The van der Waals surface area contributed by atoms with Gasteiger partial charge in [-0.25, -0.2) is 14.0 Å². The van der Waals surface area contributed by atoms with Crippen molar-refractivity contribution in [3.8, 4) is 17.2 Å². The molecule has 0 aliphatic carbocycles. The molecule has 0 aliphatic rings. The van der Waals surface area contributed by atoms with Crippen LogP contribution in [0.5, 0.6) is 17.2 Å². The monoisotopic (exact) mass is 581 g/mol. The number of carboxylic acid groups (broad SMARTS) is 1. The van der Waals surface area contributed by atoms with E-state index in [1.54, 1.807) is 48.2 Å². The van der Waals surface area contributed by atoms with Crippen molar-refractivity contribution < 1.29 is 38.0 Å². The number of halogens is 1. The molecule has 0 heterocycles. The lowest BCUT2D eigenvalue weighted by Gasteiger charge is -2.23. The molecule has 0 aromatic heterocycles. The number of aryl methyl sites for hydroxylation is 3. The van der Waals surface area contributed by atoms with Gasteiger partial charge in [-0.3, -0.25) is 0 Å². The van der Waals surface area contributed by atoms with Crippen LogP contribution in [0.3, 0.4) is 0 Å². The average molecular weight is 582 g/mol. The lowest BCUT2D eigenvalue weighted by atomic mass is 10.1. The molecule has 0 saturated heterocycles. The Morgan fingerprint density at radius 1 is 0.833 bits per heavy atom. The fourth-order valence-electron chi connectivity index (χ4n) is 4.25. The van der Waals surface area contributed by atoms with Crippen LogP contribution in [-0.2, 0) is 16.0 Å². The maximum absolute atomic E-state index is 13.2. The van der Waals surface area contributed by atoms with Gasteiger partial charge >= 0.3 is 12.1 Å². The second-order valence-corrected chi connectivity index (χ2v) is 10.0. The van der Waals surface area contributed by atoms with Crippen LogP contribution in [0.1, 0.15) is 42.0 Å². The number of ether oxygens (including phenoxy) is 4. The lowest BCUT2D eigenvalue weighted by molar-refractivity contribution is -0.149. The highest BCUT2D eigenvalue weighted by atomic mass is 19.1. The fourth-order valence-corrected chi connectivity index (χ4v) is 4.25. The summed E-state index contributed by atoms with van der Waals surface area (Å²) in [5, 5.41) is 9.31. The van der Waals surface area contributed by atoms with Gasteiger partial charge in [0.2, 0.25) is 0 Å². The Morgan fingerprint density at radius 2 is 1.45 bits per heavy atom. The molecule has 3 rings (SSSR count). The van der Waals surface area contributed by atoms with Crippen LogP contribution in [0.4, 0.5) is 9.18 Å². The van der Waals surface area contributed by atoms with Crippen molar-refractivity contribution in [3.05, 3.63) is 88.7 Å². The second-order valence-electron chi connectivity index (χ2n) is 10.0. The Morgan fingerprint density at radius 3 is 2.10 bits per heavy atom. The second kappa shape index (κ2) is 16.4. The van der Waals surface area contributed by atoms with Crippen molar-refractivity contribution >= 4 is 12.1 Å². The molecule has 0 saturated carbocycles. The maximum atomic E-state index is 13.2. The molecule has 3 aromatic carbocycles. The number of carboxylic acids is 1. The van der Waals surface area contributed by atoms with Crippen molar-refractivity contribution in [2.75, 3.05) is 32.9 Å². The van der Waals surface area contributed by atoms with Crippen LogP contribution in [0, 0.1) is 26.6 Å². The number of benzene rings is 3. The molecule has 0 radical (unpaired) electrons. The van der Waals surface area contributed by atoms with E-state index in [1.165, 1.54) is 12.1 Å². The molecule has 42 heavy (non-hydrogen) atoms. The van der Waals surface area contributed by atoms with E-state index in [1.807, 2.05) is 32.9 Å². The van der Waals surface area contributed by atoms with Crippen LogP contribution >= 0.6 is 0 Å². The summed E-state index contributed by atoms with van der Waals surface area (Å²) in [7, 11) is 0. The minimum absolute atomic E-state index is 0.239. The standard InChI is InChI=1S/C33H40FNO7/c1-5-39-31(32(36)37)22-26-8-12-28(13-9-26)41-19-17-35(16-6-7-18-40-29-14-10-27(34)11-15-29)33(38)42-30-21-24(3)23(2)20-25(30)4/h8-15,20-21,31H,5-7,16-19,22H2,1-4H3,(H,36,37). The lowest BCUT2D eigenvalue weighted by Crippen LogP contribution is -2.37. The van der Waals surface area contributed by atoms with Crippen LogP contribution in [0.2, 0.25) is 0 Å². The van der Waals surface area contributed by atoms with Gasteiger partial charge in [-0.2, -0.15) is 0 Å². The fraction of sp³-hybridized carbons (Fsp3) is 0.394. The van der Waals surface area contributed by atoms with Gasteiger partial charge in [0, 0.05) is 19.6 Å². The highest BCUT2D eigenvalue weighted by Crippen LogP contribution is 2.23. The number of carbonyl (C=O) groups excluding carboxylic acids is 1. The number of hydrogen-bond acceptors (Lipinski definition) is 6. The quantitative estimate of drug-likeness (QED) is 0.192. The van der Waals surface area contributed by atoms with Crippen LogP contribution in [0.15, 0.2) is 60.7 Å². The third kappa shape index (κ3) is 10.4. The molecule has 1 N–H and O–H groups in total. The molecule has 8 nitrogen and oxygen atoms in total. The zero-order chi connectivity index (χ0) is 30.5. The Kier molecular flexibility index (Phi) is 12.6. The Labute approximate surface area is 247 Å². The summed E-state index contributed by atoms with van der Waals surface area (Å²) in [6, 6.07) is 16.9. The summed E-state index contributed by atoms with van der Waals surface area (Å²) < 4.78 is 35.7. The number of nitrogens with zero attached hydrogens (tertiary/aromatic N) is 1. The van der Waals surface area contributed by atoms with Gasteiger partial charge in [0.1, 0.15) is 29.7 Å². The summed E-state index contributed by atoms with van der Waals surface area (Å²) in [5.41, 5.74) is 3.86. The zero-order valence-electron chi connectivity index (χ0n) is 24.7. The first kappa shape index (κ1) is 32.4. The molecule has 1 amide bonds. The van der Waals surface area contributed by atoms with Crippen LogP contribution < -0.4 is 14.2 Å². The summed E-state index contributed by atoms with van der Waals surface area (Å²) in [6.45, 7) is 9.39. The van der Waals surface area contributed by atoms with E-state index in [2.05, 4.69) is 0 Å². The summed E-state index contributed by atoms with van der Waals surface area (Å²) in [4.78, 5) is 26.2. The molecule has 1 atom stereocenters. The number of hydrogen-bond donors (Lipinski definition) is 1. The third-order valence-corrected chi connectivity index (χ3v) is 6.77. The third-order valence-electron chi connectivity index (χ3n) is 6.77. The van der Waals surface area contributed by atoms with Crippen molar-refractivity contribution in [2.45, 2.75) is 53.1 Å². The molecule has 226 valence electrons. The van der Waals surface area contributed by atoms with Crippen molar-refractivity contribution in [1.82, 2.24) is 4.90 Å². The molecule has 0 spiro atoms. The first-order valence-corrected chi connectivity index (χ1v) is 14.2. The summed E-state index contributed by atoms with van der Waals surface area (Å²) in [6.07, 6.45) is 0.247. The number of amides is 1. The van der Waals surface area contributed by atoms with E-state index in [0.717, 1.165) is 22.3 Å². The molecular weight excluding hydrogens is 541 g/mol. The predicted octanol–water partition coefficient (Wildman–Crippen LogP) is 6.52. The highest BCUT2D eigenvalue weighted by Gasteiger charge is 2.19. The van der Waals surface area contributed by atoms with Crippen LogP contribution in [-0.4, -0.2) is 61.1 Å². The van der Waals surface area contributed by atoms with Crippen molar-refractivity contribution in [3.63, 3.8) is 0 Å². The normalized spacial score (nSPS) is 11.5. The summed E-state index contributed by atoms with van der Waals surface area (Å²) >= 11 is 0. The molecule has 9 heteroatoms. The van der Waals surface area contributed by atoms with E-state index in [9.17, 15) is 19.1 Å². The smallest absolute Gasteiger partial charge is 0.415 e. The first-order chi connectivity index (χ1) is 20.2. The Bertz CT molecular complexity index is 1300. The maximum Gasteiger partial charge on any atom is 0.415 e. The Hall–Kier alpha value is -4.11. The van der Waals surface area contributed by atoms with Gasteiger partial charge < -0.3 is 29.0 Å². The molecule has 0 bridgehead atoms. The van der Waals surface area contributed by atoms with E-state index < -0.39 is 18.2 Å². The SMILES string of the molecule is CCOC(Cc1ccc(OCCN(CCCCOc2ccc(F)cc2)C(=O)Oc2cc(C)c(C)cc2C)cc1)C(=O)O. The minimum atomic E-state index is -0.998. The van der Waals surface area contributed by atoms with Crippen molar-refractivity contribution in [2.24, 2.45) is 0 Å². The topological polar surface area (TPSA) is 94.5 Å². The molecule has 3 aromatic rings. The minimum Gasteiger partial charge on any atom is -0.494 e. The molecule has 1 unspecified atom stereocenters. The van der Waals surface area contributed by atoms with E-state index in [0.29, 0.717) is 56.4 Å². The molecule has 0 aliphatic heterocycles. The average Bonchev–Trinajstić information content (AvgIpc) is 2.96. The van der Waals surface area contributed by atoms with E-state index >= 15 is 0 Å². The van der Waals surface area contributed by atoms with Gasteiger partial charge in [0.25, 0.3) is 0 Å². The summed E-state index contributed by atoms with van der Waals surface area (Å²) in [5.74, 6) is 0.405. The molecule has 0 fully saturated rings. The van der Waals surface area contributed by atoms with Gasteiger partial charge in [-0.1, -0.05) is 18.2 Å². The predicted molar refractivity (Wildman–Crippen MR) is 158 cm³/mol. The zero-order valence-corrected chi connectivity index (χ0v) is 24.7. The van der Waals surface area contributed by atoms with Gasteiger partial charge in [-0.15, -0.1) is 0 Å². The number of unbranched alkanes of at least 4 members (excludes halogenated alkanes) is 1. The Balaban J connectivity index is 1.56. The highest BCUT2D eigenvalue weighted by molar-refractivity contribution is 5.73. The number of aliphatic carboxylic acids is 1. The number of carbonyl (C=O) groups is 2. The van der Waals surface area contributed by atoms with Gasteiger partial charge in [0.05, 0.1) is 13.2 Å².